The molecule has 1 aliphatic rings. The van der Waals surface area contributed by atoms with E-state index >= 15 is 0 Å². The Morgan fingerprint density at radius 1 is 1.19 bits per heavy atom. The van der Waals surface area contributed by atoms with Gasteiger partial charge in [0.15, 0.2) is 0 Å². The second-order valence-electron chi connectivity index (χ2n) is 7.35. The molecule has 26 heavy (non-hydrogen) atoms. The Morgan fingerprint density at radius 3 is 2.65 bits per heavy atom. The van der Waals surface area contributed by atoms with Crippen LogP contribution in [-0.4, -0.2) is 27.8 Å². The van der Waals surface area contributed by atoms with E-state index in [1.165, 1.54) is 17.7 Å². The van der Waals surface area contributed by atoms with Crippen molar-refractivity contribution in [3.63, 3.8) is 0 Å². The molecule has 1 fully saturated rings. The topological polar surface area (TPSA) is 21.1 Å². The van der Waals surface area contributed by atoms with E-state index in [1.54, 1.807) is 12.1 Å². The molecule has 1 unspecified atom stereocenters. The van der Waals surface area contributed by atoms with Gasteiger partial charge in [-0.2, -0.15) is 18.3 Å². The molecule has 142 valence electrons. The molecular formula is C20H26F3N3. The first-order valence-electron chi connectivity index (χ1n) is 9.19. The molecule has 0 N–H and O–H groups in total. The van der Waals surface area contributed by atoms with Gasteiger partial charge < -0.3 is 0 Å². The first kappa shape index (κ1) is 19.0. The fourth-order valence-electron chi connectivity index (χ4n) is 3.95. The van der Waals surface area contributed by atoms with Crippen molar-refractivity contribution >= 4 is 0 Å². The van der Waals surface area contributed by atoms with Crippen LogP contribution in [0.15, 0.2) is 30.5 Å². The van der Waals surface area contributed by atoms with E-state index in [0.717, 1.165) is 44.6 Å². The molecule has 0 amide bonds. The Labute approximate surface area is 152 Å². The third-order valence-corrected chi connectivity index (χ3v) is 5.26. The molecule has 3 nitrogen and oxygen atoms in total. The highest BCUT2D eigenvalue weighted by atomic mass is 19.4. The highest BCUT2D eigenvalue weighted by Crippen LogP contribution is 2.33. The molecule has 0 saturated carbocycles. The van der Waals surface area contributed by atoms with Gasteiger partial charge in [0.05, 0.1) is 11.3 Å². The predicted molar refractivity (Wildman–Crippen MR) is 95.7 cm³/mol. The van der Waals surface area contributed by atoms with Gasteiger partial charge in [-0.3, -0.25) is 9.58 Å². The number of aromatic nitrogens is 2. The lowest BCUT2D eigenvalue weighted by Crippen LogP contribution is -2.35. The Balaban J connectivity index is 1.59. The van der Waals surface area contributed by atoms with Gasteiger partial charge in [-0.15, -0.1) is 0 Å². The van der Waals surface area contributed by atoms with Gasteiger partial charge in [0, 0.05) is 31.9 Å². The molecule has 0 radical (unpaired) electrons. The lowest BCUT2D eigenvalue weighted by molar-refractivity contribution is -0.138. The summed E-state index contributed by atoms with van der Waals surface area (Å²) in [5.41, 5.74) is 2.21. The maximum atomic E-state index is 13.1. The van der Waals surface area contributed by atoms with Gasteiger partial charge in [-0.05, 0) is 56.7 Å². The van der Waals surface area contributed by atoms with Gasteiger partial charge in [-0.1, -0.05) is 18.2 Å². The predicted octanol–water partition coefficient (Wildman–Crippen LogP) is 4.59. The molecule has 6 heteroatoms. The molecule has 1 saturated heterocycles. The molecule has 3 rings (SSSR count). The van der Waals surface area contributed by atoms with Crippen molar-refractivity contribution in [2.45, 2.75) is 45.3 Å². The summed E-state index contributed by atoms with van der Waals surface area (Å²) < 4.78 is 41.3. The van der Waals surface area contributed by atoms with Crippen LogP contribution in [0.4, 0.5) is 13.2 Å². The zero-order chi connectivity index (χ0) is 18.7. The number of hydrogen-bond donors (Lipinski definition) is 0. The molecule has 1 atom stereocenters. The average molecular weight is 365 g/mol. The van der Waals surface area contributed by atoms with Crippen LogP contribution in [0.25, 0.3) is 0 Å². The van der Waals surface area contributed by atoms with Crippen molar-refractivity contribution < 1.29 is 13.2 Å². The van der Waals surface area contributed by atoms with Crippen molar-refractivity contribution in [2.24, 2.45) is 13.0 Å². The van der Waals surface area contributed by atoms with Crippen molar-refractivity contribution in [1.82, 2.24) is 14.7 Å². The van der Waals surface area contributed by atoms with Gasteiger partial charge in [0.25, 0.3) is 0 Å². The van der Waals surface area contributed by atoms with Crippen molar-refractivity contribution in [3.05, 3.63) is 52.8 Å². The Bertz CT molecular complexity index is 736. The number of benzene rings is 1. The monoisotopic (exact) mass is 365 g/mol. The number of hydrogen-bond acceptors (Lipinski definition) is 2. The quantitative estimate of drug-likeness (QED) is 0.773. The number of alkyl halides is 3. The highest BCUT2D eigenvalue weighted by molar-refractivity contribution is 5.29. The zero-order valence-corrected chi connectivity index (χ0v) is 15.4. The summed E-state index contributed by atoms with van der Waals surface area (Å²) in [4.78, 5) is 2.41. The Hall–Kier alpha value is -1.82. The Kier molecular flexibility index (Phi) is 5.70. The number of aryl methyl sites for hydroxylation is 3. The molecule has 2 heterocycles. The summed E-state index contributed by atoms with van der Waals surface area (Å²) in [5, 5.41) is 4.39. The summed E-state index contributed by atoms with van der Waals surface area (Å²) in [5.74, 6) is 0.446. The minimum Gasteiger partial charge on any atom is -0.299 e. The lowest BCUT2D eigenvalue weighted by atomic mass is 9.90. The van der Waals surface area contributed by atoms with Crippen LogP contribution in [0.2, 0.25) is 0 Å². The summed E-state index contributed by atoms with van der Waals surface area (Å²) >= 11 is 0. The minimum atomic E-state index is -4.27. The number of nitrogens with zero attached hydrogens (tertiary/aromatic N) is 3. The zero-order valence-electron chi connectivity index (χ0n) is 15.4. The van der Waals surface area contributed by atoms with E-state index in [0.29, 0.717) is 17.9 Å². The lowest BCUT2D eigenvalue weighted by Gasteiger charge is -2.32. The molecule has 1 aliphatic heterocycles. The molecule has 1 aromatic heterocycles. The number of likely N-dealkylation sites (tertiary alicyclic amines) is 1. The van der Waals surface area contributed by atoms with Crippen LogP contribution in [0, 0.1) is 12.8 Å². The first-order chi connectivity index (χ1) is 12.3. The second-order valence-corrected chi connectivity index (χ2v) is 7.35. The summed E-state index contributed by atoms with van der Waals surface area (Å²) in [7, 11) is 1.92. The largest absolute Gasteiger partial charge is 0.416 e. The summed E-state index contributed by atoms with van der Waals surface area (Å²) in [6.07, 6.45) is 1.27. The van der Waals surface area contributed by atoms with Crippen molar-refractivity contribution in [2.75, 3.05) is 13.1 Å². The van der Waals surface area contributed by atoms with E-state index < -0.39 is 11.7 Å². The first-order valence-corrected chi connectivity index (χ1v) is 9.19. The second kappa shape index (κ2) is 7.82. The third-order valence-electron chi connectivity index (χ3n) is 5.26. The average Bonchev–Trinajstić information content (AvgIpc) is 2.90. The van der Waals surface area contributed by atoms with Crippen LogP contribution in [0.1, 0.15) is 41.6 Å². The van der Waals surface area contributed by atoms with E-state index in [9.17, 15) is 13.2 Å². The van der Waals surface area contributed by atoms with Crippen molar-refractivity contribution in [3.8, 4) is 0 Å². The molecule has 1 aromatic carbocycles. The minimum absolute atomic E-state index is 0.417. The maximum absolute atomic E-state index is 13.1. The number of piperidine rings is 1. The normalized spacial score (nSPS) is 19.0. The fourth-order valence-corrected chi connectivity index (χ4v) is 3.95. The van der Waals surface area contributed by atoms with E-state index in [1.807, 2.05) is 18.7 Å². The van der Waals surface area contributed by atoms with Crippen LogP contribution in [-0.2, 0) is 26.2 Å². The third kappa shape index (κ3) is 4.67. The molecule has 0 aliphatic carbocycles. The standard InChI is InChI=1S/C20H26F3N3/c1-15-18(13-25(2)24-15)14-26-11-5-6-16(12-26)9-10-17-7-3-4-8-19(17)20(21,22)23/h3-4,7-8,13,16H,5-6,9-12,14H2,1-2H3. The number of halogens is 3. The van der Waals surface area contributed by atoms with Crippen LogP contribution < -0.4 is 0 Å². The van der Waals surface area contributed by atoms with Crippen molar-refractivity contribution in [1.29, 1.82) is 0 Å². The van der Waals surface area contributed by atoms with Crippen LogP contribution in [0.5, 0.6) is 0 Å². The highest BCUT2D eigenvalue weighted by Gasteiger charge is 2.33. The SMILES string of the molecule is Cc1nn(C)cc1CN1CCCC(CCc2ccccc2C(F)(F)F)C1. The number of rotatable bonds is 5. The summed E-state index contributed by atoms with van der Waals surface area (Å²) in [6.45, 7) is 4.88. The van der Waals surface area contributed by atoms with E-state index in [-0.39, 0.29) is 0 Å². The molecule has 0 spiro atoms. The maximum Gasteiger partial charge on any atom is 0.416 e. The van der Waals surface area contributed by atoms with Gasteiger partial charge >= 0.3 is 6.18 Å². The summed E-state index contributed by atoms with van der Waals surface area (Å²) in [6, 6.07) is 5.96. The van der Waals surface area contributed by atoms with Gasteiger partial charge in [0.1, 0.15) is 0 Å². The van der Waals surface area contributed by atoms with E-state index in [4.69, 9.17) is 0 Å². The van der Waals surface area contributed by atoms with Gasteiger partial charge in [-0.25, -0.2) is 0 Å². The van der Waals surface area contributed by atoms with Crippen LogP contribution >= 0.6 is 0 Å². The van der Waals surface area contributed by atoms with Gasteiger partial charge in [0.2, 0.25) is 0 Å². The smallest absolute Gasteiger partial charge is 0.299 e. The molecule has 2 aromatic rings. The molecular weight excluding hydrogens is 339 g/mol. The van der Waals surface area contributed by atoms with E-state index in [2.05, 4.69) is 16.2 Å². The molecule has 0 bridgehead atoms. The van der Waals surface area contributed by atoms with Crippen LogP contribution in [0.3, 0.4) is 0 Å². The Morgan fingerprint density at radius 2 is 1.96 bits per heavy atom. The fraction of sp³-hybridized carbons (Fsp3) is 0.550.